The van der Waals surface area contributed by atoms with E-state index < -0.39 is 18.0 Å². The average Bonchev–Trinajstić information content (AvgIpc) is 3.13. The smallest absolute Gasteiger partial charge is 0.339 e. The Kier molecular flexibility index (Phi) is 4.89. The van der Waals surface area contributed by atoms with Crippen LogP contribution in [0, 0.1) is 5.82 Å². The number of rotatable bonds is 3. The lowest BCUT2D eigenvalue weighted by atomic mass is 9.92. The molecule has 1 aromatic heterocycles. The second kappa shape index (κ2) is 7.40. The molecule has 154 valence electrons. The number of anilines is 1. The molecule has 0 spiro atoms. The Morgan fingerprint density at radius 3 is 2.57 bits per heavy atom. The van der Waals surface area contributed by atoms with Crippen LogP contribution < -0.4 is 5.32 Å². The molecule has 0 radical (unpaired) electrons. The molecule has 0 aliphatic carbocycles. The summed E-state index contributed by atoms with van der Waals surface area (Å²) in [5, 5.41) is 7.43. The van der Waals surface area contributed by atoms with Gasteiger partial charge >= 0.3 is 5.97 Å². The Morgan fingerprint density at radius 1 is 1.17 bits per heavy atom. The Labute approximate surface area is 173 Å². The Balaban J connectivity index is 1.64. The highest BCUT2D eigenvalue weighted by Crippen LogP contribution is 2.27. The van der Waals surface area contributed by atoms with E-state index in [0.29, 0.717) is 23.5 Å². The van der Waals surface area contributed by atoms with Crippen molar-refractivity contribution in [2.24, 2.45) is 0 Å². The number of nitrogens with one attached hydrogen (secondary N) is 1. The average molecular weight is 407 g/mol. The first-order valence-electron chi connectivity index (χ1n) is 9.68. The van der Waals surface area contributed by atoms with Gasteiger partial charge in [0.15, 0.2) is 6.10 Å². The van der Waals surface area contributed by atoms with E-state index in [1.165, 1.54) is 12.1 Å². The van der Waals surface area contributed by atoms with Crippen molar-refractivity contribution in [3.8, 4) is 5.69 Å². The molecule has 1 N–H and O–H groups in total. The van der Waals surface area contributed by atoms with Crippen LogP contribution in [0.3, 0.4) is 0 Å². The molecule has 30 heavy (non-hydrogen) atoms. The first-order chi connectivity index (χ1) is 14.2. The normalized spacial score (nSPS) is 16.0. The van der Waals surface area contributed by atoms with E-state index in [1.54, 1.807) is 35.0 Å². The standard InChI is InChI=1S/C23H22FN3O3/c1-23(2,3)19-13-20(27(26-19)16-10-8-15(24)9-11-16)25-21(28)18-12-14-6-4-5-7-17(14)22(29)30-18/h4-11,13,18H,12H2,1-3H3,(H,25,28). The van der Waals surface area contributed by atoms with E-state index in [1.807, 2.05) is 32.9 Å². The van der Waals surface area contributed by atoms with E-state index in [0.717, 1.165) is 11.3 Å². The molecule has 1 aliphatic heterocycles. The van der Waals surface area contributed by atoms with Crippen LogP contribution in [-0.4, -0.2) is 27.8 Å². The molecule has 0 saturated carbocycles. The molecule has 0 bridgehead atoms. The summed E-state index contributed by atoms with van der Waals surface area (Å²) in [5.41, 5.74) is 2.35. The third kappa shape index (κ3) is 3.83. The minimum atomic E-state index is -0.943. The van der Waals surface area contributed by atoms with Crippen molar-refractivity contribution in [1.29, 1.82) is 0 Å². The molecular weight excluding hydrogens is 385 g/mol. The van der Waals surface area contributed by atoms with Crippen LogP contribution in [0.25, 0.3) is 5.69 Å². The van der Waals surface area contributed by atoms with Crippen molar-refractivity contribution < 1.29 is 18.7 Å². The maximum Gasteiger partial charge on any atom is 0.339 e. The number of esters is 1. The lowest BCUT2D eigenvalue weighted by Crippen LogP contribution is -2.38. The van der Waals surface area contributed by atoms with E-state index in [-0.39, 0.29) is 11.2 Å². The monoisotopic (exact) mass is 407 g/mol. The van der Waals surface area contributed by atoms with E-state index >= 15 is 0 Å². The molecule has 2 heterocycles. The molecular formula is C23H22FN3O3. The lowest BCUT2D eigenvalue weighted by molar-refractivity contribution is -0.125. The van der Waals surface area contributed by atoms with Gasteiger partial charge in [-0.15, -0.1) is 0 Å². The zero-order valence-electron chi connectivity index (χ0n) is 17.0. The predicted octanol–water partition coefficient (Wildman–Crippen LogP) is 4.03. The van der Waals surface area contributed by atoms with Crippen molar-refractivity contribution in [1.82, 2.24) is 9.78 Å². The minimum absolute atomic E-state index is 0.263. The van der Waals surface area contributed by atoms with Gasteiger partial charge in [0.25, 0.3) is 5.91 Å². The van der Waals surface area contributed by atoms with Crippen LogP contribution in [0.5, 0.6) is 0 Å². The molecule has 0 saturated heterocycles. The molecule has 1 aliphatic rings. The summed E-state index contributed by atoms with van der Waals surface area (Å²) in [6.07, 6.45) is -0.646. The van der Waals surface area contributed by atoms with Gasteiger partial charge in [0.05, 0.1) is 16.9 Å². The molecule has 1 unspecified atom stereocenters. The molecule has 1 atom stereocenters. The molecule has 0 fully saturated rings. The quantitative estimate of drug-likeness (QED) is 0.666. The van der Waals surface area contributed by atoms with Gasteiger partial charge in [-0.3, -0.25) is 4.79 Å². The zero-order chi connectivity index (χ0) is 21.5. The second-order valence-electron chi connectivity index (χ2n) is 8.30. The highest BCUT2D eigenvalue weighted by atomic mass is 19.1. The zero-order valence-corrected chi connectivity index (χ0v) is 17.0. The fourth-order valence-electron chi connectivity index (χ4n) is 3.30. The van der Waals surface area contributed by atoms with Crippen molar-refractivity contribution >= 4 is 17.7 Å². The van der Waals surface area contributed by atoms with Gasteiger partial charge in [0.1, 0.15) is 11.6 Å². The molecule has 4 rings (SSSR count). The van der Waals surface area contributed by atoms with E-state index in [4.69, 9.17) is 4.74 Å². The lowest BCUT2D eigenvalue weighted by Gasteiger charge is -2.23. The summed E-state index contributed by atoms with van der Waals surface area (Å²) >= 11 is 0. The van der Waals surface area contributed by atoms with Crippen LogP contribution in [-0.2, 0) is 21.4 Å². The number of benzene rings is 2. The highest BCUT2D eigenvalue weighted by Gasteiger charge is 2.32. The van der Waals surface area contributed by atoms with Crippen LogP contribution >= 0.6 is 0 Å². The Morgan fingerprint density at radius 2 is 1.87 bits per heavy atom. The van der Waals surface area contributed by atoms with Crippen LogP contribution in [0.2, 0.25) is 0 Å². The van der Waals surface area contributed by atoms with Gasteiger partial charge in [-0.25, -0.2) is 13.9 Å². The van der Waals surface area contributed by atoms with Crippen molar-refractivity contribution in [3.05, 3.63) is 77.2 Å². The Hall–Kier alpha value is -3.48. The summed E-state index contributed by atoms with van der Waals surface area (Å²) in [7, 11) is 0. The van der Waals surface area contributed by atoms with Gasteiger partial charge in [0.2, 0.25) is 0 Å². The summed E-state index contributed by atoms with van der Waals surface area (Å²) < 4.78 is 20.3. The number of carbonyl (C=O) groups excluding carboxylic acids is 2. The van der Waals surface area contributed by atoms with Crippen LogP contribution in [0.15, 0.2) is 54.6 Å². The van der Waals surface area contributed by atoms with Crippen molar-refractivity contribution in [2.75, 3.05) is 5.32 Å². The maximum atomic E-state index is 13.4. The topological polar surface area (TPSA) is 73.2 Å². The number of amides is 1. The first kappa shape index (κ1) is 19.8. The van der Waals surface area contributed by atoms with Gasteiger partial charge in [-0.05, 0) is 35.9 Å². The number of carbonyl (C=O) groups is 2. The second-order valence-corrected chi connectivity index (χ2v) is 8.30. The van der Waals surface area contributed by atoms with Crippen molar-refractivity contribution in [3.63, 3.8) is 0 Å². The number of ether oxygens (including phenoxy) is 1. The van der Waals surface area contributed by atoms with Crippen LogP contribution in [0.1, 0.15) is 42.4 Å². The summed E-state index contributed by atoms with van der Waals surface area (Å²) in [6, 6.07) is 14.7. The third-order valence-corrected chi connectivity index (χ3v) is 4.98. The third-order valence-electron chi connectivity index (χ3n) is 4.98. The number of hydrogen-bond donors (Lipinski definition) is 1. The number of hydrogen-bond acceptors (Lipinski definition) is 4. The highest BCUT2D eigenvalue weighted by molar-refractivity contribution is 5.99. The number of halogens is 1. The molecule has 1 amide bonds. The number of nitrogens with zero attached hydrogens (tertiary/aromatic N) is 2. The van der Waals surface area contributed by atoms with Crippen molar-refractivity contribution in [2.45, 2.75) is 38.7 Å². The minimum Gasteiger partial charge on any atom is -0.448 e. The number of aromatic nitrogens is 2. The first-order valence-corrected chi connectivity index (χ1v) is 9.68. The predicted molar refractivity (Wildman–Crippen MR) is 110 cm³/mol. The SMILES string of the molecule is CC(C)(C)c1cc(NC(=O)C2Cc3ccccc3C(=O)O2)n(-c2ccc(F)cc2)n1. The van der Waals surface area contributed by atoms with Gasteiger partial charge < -0.3 is 10.1 Å². The Bertz CT molecular complexity index is 1110. The summed E-state index contributed by atoms with van der Waals surface area (Å²) in [5.74, 6) is -0.896. The summed E-state index contributed by atoms with van der Waals surface area (Å²) in [4.78, 5) is 25.2. The number of cyclic esters (lactones) is 1. The fourth-order valence-corrected chi connectivity index (χ4v) is 3.30. The molecule has 3 aromatic rings. The van der Waals surface area contributed by atoms with E-state index in [9.17, 15) is 14.0 Å². The van der Waals surface area contributed by atoms with Gasteiger partial charge in [-0.1, -0.05) is 39.0 Å². The van der Waals surface area contributed by atoms with Crippen LogP contribution in [0.4, 0.5) is 10.2 Å². The molecule has 7 heteroatoms. The largest absolute Gasteiger partial charge is 0.448 e. The maximum absolute atomic E-state index is 13.4. The number of fused-ring (bicyclic) bond motifs is 1. The molecule has 6 nitrogen and oxygen atoms in total. The molecule has 2 aromatic carbocycles. The van der Waals surface area contributed by atoms with E-state index in [2.05, 4.69) is 10.4 Å². The van der Waals surface area contributed by atoms with Gasteiger partial charge in [0, 0.05) is 17.9 Å². The fraction of sp³-hybridized carbons (Fsp3) is 0.261. The van der Waals surface area contributed by atoms with Gasteiger partial charge in [-0.2, -0.15) is 5.10 Å². The summed E-state index contributed by atoms with van der Waals surface area (Å²) in [6.45, 7) is 6.03.